The summed E-state index contributed by atoms with van der Waals surface area (Å²) in [5.74, 6) is -1.70. The molecule has 0 fully saturated rings. The molecular formula is C16H16BrNO8. The zero-order valence-corrected chi connectivity index (χ0v) is 15.9. The highest BCUT2D eigenvalue weighted by Crippen LogP contribution is 2.48. The molecule has 1 aromatic rings. The topological polar surface area (TPSA) is 112 Å². The zero-order chi connectivity index (χ0) is 19.6. The molecule has 1 unspecified atom stereocenters. The number of fused-ring (bicyclic) bond motifs is 1. The predicted octanol–water partition coefficient (Wildman–Crippen LogP) is 1.46. The van der Waals surface area contributed by atoms with Gasteiger partial charge in [-0.05, 0) is 28.1 Å². The number of nitrogens with zero attached hydrogens (tertiary/aromatic N) is 1. The highest BCUT2D eigenvalue weighted by molar-refractivity contribution is 9.10. The van der Waals surface area contributed by atoms with E-state index in [2.05, 4.69) is 30.1 Å². The number of aliphatic hydroxyl groups is 1. The summed E-state index contributed by atoms with van der Waals surface area (Å²) >= 11 is 3.32. The number of esters is 2. The summed E-state index contributed by atoms with van der Waals surface area (Å²) in [7, 11) is 4.71. The highest BCUT2D eigenvalue weighted by atomic mass is 79.9. The lowest BCUT2D eigenvalue weighted by atomic mass is 10.00. The third-order valence-electron chi connectivity index (χ3n) is 3.76. The molecule has 1 N–H and O–H groups in total. The molecular weight excluding hydrogens is 414 g/mol. The Morgan fingerprint density at radius 1 is 1.04 bits per heavy atom. The lowest BCUT2D eigenvalue weighted by molar-refractivity contribution is -0.144. The molecule has 0 saturated carbocycles. The Kier molecular flexibility index (Phi) is 5.88. The van der Waals surface area contributed by atoms with E-state index in [0.29, 0.717) is 10.2 Å². The van der Waals surface area contributed by atoms with Crippen LogP contribution >= 0.6 is 15.9 Å². The largest absolute Gasteiger partial charge is 0.496 e. The standard InChI is InChI=1S/C16H16BrNO8/c1-23-8-6-5-7-9(12(8)17)10(13(19)18(7)16(22)26-4)11(14(20)24-2)15(21)25-3/h5-6,13,19H,1-4H3. The number of hydrogen-bond acceptors (Lipinski definition) is 8. The van der Waals surface area contributed by atoms with Gasteiger partial charge in [-0.15, -0.1) is 0 Å². The maximum absolute atomic E-state index is 12.2. The molecule has 0 aromatic heterocycles. The molecule has 1 heterocycles. The number of amides is 1. The minimum atomic E-state index is -1.69. The van der Waals surface area contributed by atoms with Gasteiger partial charge in [0, 0.05) is 11.1 Å². The minimum absolute atomic E-state index is 0.171. The molecule has 0 aliphatic carbocycles. The fourth-order valence-electron chi connectivity index (χ4n) is 2.61. The third-order valence-corrected chi connectivity index (χ3v) is 4.54. The maximum atomic E-state index is 12.2. The van der Waals surface area contributed by atoms with Crippen molar-refractivity contribution in [1.82, 2.24) is 0 Å². The molecule has 26 heavy (non-hydrogen) atoms. The van der Waals surface area contributed by atoms with E-state index in [1.54, 1.807) is 6.07 Å². The van der Waals surface area contributed by atoms with E-state index in [1.165, 1.54) is 13.2 Å². The van der Waals surface area contributed by atoms with Crippen molar-refractivity contribution < 1.29 is 38.4 Å². The smallest absolute Gasteiger partial charge is 0.416 e. The lowest BCUT2D eigenvalue weighted by Gasteiger charge is -2.20. The number of methoxy groups -OCH3 is 4. The van der Waals surface area contributed by atoms with Gasteiger partial charge in [-0.2, -0.15) is 0 Å². The highest BCUT2D eigenvalue weighted by Gasteiger charge is 2.44. The second kappa shape index (κ2) is 7.75. The van der Waals surface area contributed by atoms with Crippen LogP contribution in [0.2, 0.25) is 0 Å². The lowest BCUT2D eigenvalue weighted by Crippen LogP contribution is -2.38. The molecule has 1 aliphatic rings. The Balaban J connectivity index is 2.91. The van der Waals surface area contributed by atoms with E-state index in [-0.39, 0.29) is 16.8 Å². The number of ether oxygens (including phenoxy) is 4. The molecule has 1 aromatic carbocycles. The van der Waals surface area contributed by atoms with Crippen LogP contribution in [0.15, 0.2) is 22.2 Å². The minimum Gasteiger partial charge on any atom is -0.496 e. The van der Waals surface area contributed by atoms with E-state index in [1.807, 2.05) is 0 Å². The van der Waals surface area contributed by atoms with Crippen LogP contribution < -0.4 is 9.64 Å². The SMILES string of the molecule is COC(=O)C(C(=O)OC)=C1c2c(ccc(OC)c2Br)N(C(=O)OC)C1O. The summed E-state index contributed by atoms with van der Waals surface area (Å²) in [5, 5.41) is 10.7. The van der Waals surface area contributed by atoms with Gasteiger partial charge in [-0.3, -0.25) is 0 Å². The van der Waals surface area contributed by atoms with Crippen LogP contribution in [0.5, 0.6) is 5.75 Å². The molecule has 0 radical (unpaired) electrons. The van der Waals surface area contributed by atoms with E-state index < -0.39 is 29.8 Å². The fourth-order valence-corrected chi connectivity index (χ4v) is 3.32. The molecule has 0 spiro atoms. The maximum Gasteiger partial charge on any atom is 0.416 e. The molecule has 0 saturated heterocycles. The Labute approximate surface area is 157 Å². The summed E-state index contributed by atoms with van der Waals surface area (Å²) in [6.07, 6.45) is -2.58. The van der Waals surface area contributed by atoms with Crippen molar-refractivity contribution in [2.24, 2.45) is 0 Å². The van der Waals surface area contributed by atoms with Crippen LogP contribution in [0.1, 0.15) is 5.56 Å². The van der Waals surface area contributed by atoms with Gasteiger partial charge in [0.2, 0.25) is 0 Å². The van der Waals surface area contributed by atoms with E-state index in [9.17, 15) is 19.5 Å². The Morgan fingerprint density at radius 2 is 1.62 bits per heavy atom. The number of carbonyl (C=O) groups excluding carboxylic acids is 3. The van der Waals surface area contributed by atoms with Gasteiger partial charge >= 0.3 is 18.0 Å². The monoisotopic (exact) mass is 429 g/mol. The number of rotatable bonds is 3. The van der Waals surface area contributed by atoms with Gasteiger partial charge in [0.05, 0.1) is 38.6 Å². The molecule has 1 amide bonds. The van der Waals surface area contributed by atoms with Crippen LogP contribution in [0.3, 0.4) is 0 Å². The number of hydrogen-bond donors (Lipinski definition) is 1. The van der Waals surface area contributed by atoms with E-state index >= 15 is 0 Å². The molecule has 140 valence electrons. The van der Waals surface area contributed by atoms with Crippen molar-refractivity contribution >= 4 is 45.2 Å². The summed E-state index contributed by atoms with van der Waals surface area (Å²) in [5.41, 5.74) is -0.315. The molecule has 1 aliphatic heterocycles. The second-order valence-corrected chi connectivity index (χ2v) is 5.75. The van der Waals surface area contributed by atoms with Crippen LogP contribution in [0.25, 0.3) is 5.57 Å². The summed E-state index contributed by atoms with van der Waals surface area (Å²) < 4.78 is 19.5. The number of benzene rings is 1. The van der Waals surface area contributed by atoms with Crippen LogP contribution in [-0.4, -0.2) is 57.8 Å². The summed E-state index contributed by atoms with van der Waals surface area (Å²) in [6, 6.07) is 3.03. The van der Waals surface area contributed by atoms with E-state index in [4.69, 9.17) is 4.74 Å². The average molecular weight is 430 g/mol. The first-order valence-electron chi connectivity index (χ1n) is 7.16. The van der Waals surface area contributed by atoms with Crippen LogP contribution in [0.4, 0.5) is 10.5 Å². The number of anilines is 1. The van der Waals surface area contributed by atoms with Crippen molar-refractivity contribution in [3.8, 4) is 5.75 Å². The first kappa shape index (κ1) is 19.7. The van der Waals surface area contributed by atoms with Crippen molar-refractivity contribution in [2.45, 2.75) is 6.23 Å². The fraction of sp³-hybridized carbons (Fsp3) is 0.312. The Morgan fingerprint density at radius 3 is 2.08 bits per heavy atom. The van der Waals surface area contributed by atoms with Crippen LogP contribution in [0, 0.1) is 0 Å². The van der Waals surface area contributed by atoms with Crippen molar-refractivity contribution in [3.63, 3.8) is 0 Å². The van der Waals surface area contributed by atoms with Gasteiger partial charge < -0.3 is 24.1 Å². The second-order valence-electron chi connectivity index (χ2n) is 4.96. The van der Waals surface area contributed by atoms with Gasteiger partial charge in [-0.1, -0.05) is 0 Å². The zero-order valence-electron chi connectivity index (χ0n) is 14.4. The molecule has 10 heteroatoms. The number of carbonyl (C=O) groups is 3. The quantitative estimate of drug-likeness (QED) is 0.252. The number of halogens is 1. The Hall–Kier alpha value is -2.59. The first-order valence-corrected chi connectivity index (χ1v) is 7.96. The average Bonchev–Trinajstić information content (AvgIpc) is 2.94. The summed E-state index contributed by atoms with van der Waals surface area (Å²) in [4.78, 5) is 37.4. The van der Waals surface area contributed by atoms with Gasteiger partial charge in [0.1, 0.15) is 5.75 Å². The first-order chi connectivity index (χ1) is 12.3. The van der Waals surface area contributed by atoms with Gasteiger partial charge in [0.25, 0.3) is 0 Å². The Bertz CT molecular complexity index is 786. The predicted molar refractivity (Wildman–Crippen MR) is 92.5 cm³/mol. The molecule has 0 bridgehead atoms. The van der Waals surface area contributed by atoms with Gasteiger partial charge in [-0.25, -0.2) is 19.3 Å². The van der Waals surface area contributed by atoms with Crippen molar-refractivity contribution in [3.05, 3.63) is 27.7 Å². The van der Waals surface area contributed by atoms with Crippen LogP contribution in [-0.2, 0) is 23.8 Å². The number of aliphatic hydroxyl groups excluding tert-OH is 1. The third kappa shape index (κ3) is 3.01. The molecule has 1 atom stereocenters. The van der Waals surface area contributed by atoms with E-state index in [0.717, 1.165) is 26.2 Å². The molecule has 2 rings (SSSR count). The molecule has 9 nitrogen and oxygen atoms in total. The normalized spacial score (nSPS) is 15.2. The summed E-state index contributed by atoms with van der Waals surface area (Å²) in [6.45, 7) is 0. The van der Waals surface area contributed by atoms with Crippen molar-refractivity contribution in [1.29, 1.82) is 0 Å². The van der Waals surface area contributed by atoms with Crippen molar-refractivity contribution in [2.75, 3.05) is 33.3 Å². The van der Waals surface area contributed by atoms with Gasteiger partial charge in [0.15, 0.2) is 11.8 Å².